The van der Waals surface area contributed by atoms with E-state index in [0.717, 1.165) is 21.2 Å². The van der Waals surface area contributed by atoms with Gasteiger partial charge in [-0.3, -0.25) is 14.5 Å². The van der Waals surface area contributed by atoms with Crippen LogP contribution in [0.4, 0.5) is 10.5 Å². The molecule has 6 nitrogen and oxygen atoms in total. The monoisotopic (exact) mass is 387 g/mol. The van der Waals surface area contributed by atoms with Crippen LogP contribution in [0.15, 0.2) is 66.7 Å². The summed E-state index contributed by atoms with van der Waals surface area (Å²) >= 11 is 0. The Morgan fingerprint density at radius 1 is 1.00 bits per heavy atom. The minimum atomic E-state index is -1.23. The number of anilines is 1. The predicted molar refractivity (Wildman–Crippen MR) is 111 cm³/mol. The molecular formula is C23H21N3O3. The standard InChI is InChI=1S/C23H21N3O3/c1-15-10-12-17(13-11-15)24-20(27)14-26-21(28)23(2,25-22(26)29)19-9-5-7-16-6-3-4-8-18(16)19/h3-13H,14H2,1-2H3,(H,24,27)(H,25,29). The Kier molecular flexibility index (Phi) is 4.54. The molecule has 0 aliphatic carbocycles. The lowest BCUT2D eigenvalue weighted by Crippen LogP contribution is -2.42. The highest BCUT2D eigenvalue weighted by atomic mass is 16.2. The third kappa shape index (κ3) is 3.33. The van der Waals surface area contributed by atoms with Crippen molar-refractivity contribution >= 4 is 34.3 Å². The number of amides is 4. The van der Waals surface area contributed by atoms with Gasteiger partial charge >= 0.3 is 6.03 Å². The molecule has 1 heterocycles. The molecule has 4 amide bonds. The van der Waals surface area contributed by atoms with Crippen LogP contribution in [0.25, 0.3) is 10.8 Å². The molecule has 6 heteroatoms. The van der Waals surface area contributed by atoms with Crippen LogP contribution in [0.3, 0.4) is 0 Å². The molecule has 0 radical (unpaired) electrons. The van der Waals surface area contributed by atoms with E-state index in [-0.39, 0.29) is 6.54 Å². The maximum atomic E-state index is 13.2. The molecule has 0 saturated carbocycles. The molecule has 1 aliphatic rings. The van der Waals surface area contributed by atoms with Crippen molar-refractivity contribution in [1.29, 1.82) is 0 Å². The highest BCUT2D eigenvalue weighted by molar-refractivity contribution is 6.11. The maximum Gasteiger partial charge on any atom is 0.325 e. The van der Waals surface area contributed by atoms with Crippen molar-refractivity contribution in [1.82, 2.24) is 10.2 Å². The zero-order chi connectivity index (χ0) is 20.6. The van der Waals surface area contributed by atoms with Gasteiger partial charge in [-0.2, -0.15) is 0 Å². The quantitative estimate of drug-likeness (QED) is 0.672. The molecule has 1 saturated heterocycles. The number of nitrogens with zero attached hydrogens (tertiary/aromatic N) is 1. The Labute approximate surface area is 168 Å². The van der Waals surface area contributed by atoms with Gasteiger partial charge in [-0.25, -0.2) is 4.79 Å². The molecule has 1 aliphatic heterocycles. The number of fused-ring (bicyclic) bond motifs is 1. The fourth-order valence-corrected chi connectivity index (χ4v) is 3.67. The minimum absolute atomic E-state index is 0.348. The van der Waals surface area contributed by atoms with Crippen LogP contribution >= 0.6 is 0 Å². The molecule has 3 aromatic rings. The SMILES string of the molecule is Cc1ccc(NC(=O)CN2C(=O)NC(C)(c3cccc4ccccc34)C2=O)cc1. The zero-order valence-corrected chi connectivity index (χ0v) is 16.2. The van der Waals surface area contributed by atoms with Crippen LogP contribution in [0.2, 0.25) is 0 Å². The molecule has 146 valence electrons. The third-order valence-electron chi connectivity index (χ3n) is 5.24. The number of aryl methyl sites for hydroxylation is 1. The Hall–Kier alpha value is -3.67. The fourth-order valence-electron chi connectivity index (χ4n) is 3.67. The topological polar surface area (TPSA) is 78.5 Å². The fraction of sp³-hybridized carbons (Fsp3) is 0.174. The summed E-state index contributed by atoms with van der Waals surface area (Å²) in [4.78, 5) is 39.1. The van der Waals surface area contributed by atoms with Crippen LogP contribution in [0.1, 0.15) is 18.1 Å². The summed E-state index contributed by atoms with van der Waals surface area (Å²) < 4.78 is 0. The molecule has 0 aromatic heterocycles. The number of hydrogen-bond donors (Lipinski definition) is 2. The van der Waals surface area contributed by atoms with E-state index in [2.05, 4.69) is 10.6 Å². The minimum Gasteiger partial charge on any atom is -0.325 e. The highest BCUT2D eigenvalue weighted by Crippen LogP contribution is 2.33. The van der Waals surface area contributed by atoms with Crippen LogP contribution in [-0.4, -0.2) is 29.3 Å². The van der Waals surface area contributed by atoms with Crippen molar-refractivity contribution in [3.05, 3.63) is 77.9 Å². The number of hydrogen-bond acceptors (Lipinski definition) is 3. The van der Waals surface area contributed by atoms with Gasteiger partial charge in [0.05, 0.1) is 0 Å². The van der Waals surface area contributed by atoms with Crippen molar-refractivity contribution in [3.8, 4) is 0 Å². The Morgan fingerprint density at radius 2 is 1.69 bits per heavy atom. The van der Waals surface area contributed by atoms with Gasteiger partial charge < -0.3 is 10.6 Å². The highest BCUT2D eigenvalue weighted by Gasteiger charge is 2.50. The molecular weight excluding hydrogens is 366 g/mol. The molecule has 3 aromatic carbocycles. The van der Waals surface area contributed by atoms with Gasteiger partial charge in [-0.15, -0.1) is 0 Å². The van der Waals surface area contributed by atoms with E-state index in [9.17, 15) is 14.4 Å². The number of rotatable bonds is 4. The number of nitrogens with one attached hydrogen (secondary N) is 2. The van der Waals surface area contributed by atoms with Crippen LogP contribution < -0.4 is 10.6 Å². The smallest absolute Gasteiger partial charge is 0.325 e. The number of urea groups is 1. The molecule has 4 rings (SSSR count). The van der Waals surface area contributed by atoms with E-state index < -0.39 is 23.4 Å². The first-order chi connectivity index (χ1) is 13.9. The van der Waals surface area contributed by atoms with Crippen molar-refractivity contribution in [2.45, 2.75) is 19.4 Å². The van der Waals surface area contributed by atoms with Crippen molar-refractivity contribution in [2.24, 2.45) is 0 Å². The summed E-state index contributed by atoms with van der Waals surface area (Å²) in [7, 11) is 0. The van der Waals surface area contributed by atoms with E-state index in [4.69, 9.17) is 0 Å². The molecule has 1 fully saturated rings. The second-order valence-electron chi connectivity index (χ2n) is 7.39. The molecule has 1 unspecified atom stereocenters. The number of benzene rings is 3. The van der Waals surface area contributed by atoms with Gasteiger partial charge in [0.25, 0.3) is 5.91 Å². The Bertz CT molecular complexity index is 1120. The van der Waals surface area contributed by atoms with Gasteiger partial charge in [0.15, 0.2) is 0 Å². The van der Waals surface area contributed by atoms with Crippen molar-refractivity contribution < 1.29 is 14.4 Å². The van der Waals surface area contributed by atoms with Crippen molar-refractivity contribution in [3.63, 3.8) is 0 Å². The lowest BCUT2D eigenvalue weighted by Gasteiger charge is -2.24. The number of carbonyl (C=O) groups is 3. The van der Waals surface area contributed by atoms with Gasteiger partial charge in [0, 0.05) is 5.69 Å². The first-order valence-corrected chi connectivity index (χ1v) is 9.37. The zero-order valence-electron chi connectivity index (χ0n) is 16.2. The van der Waals surface area contributed by atoms with Crippen LogP contribution in [0, 0.1) is 6.92 Å². The van der Waals surface area contributed by atoms with Gasteiger partial charge in [-0.05, 0) is 42.3 Å². The lowest BCUT2D eigenvalue weighted by atomic mass is 9.88. The average Bonchev–Trinajstić information content (AvgIpc) is 2.93. The molecule has 0 bridgehead atoms. The van der Waals surface area contributed by atoms with Gasteiger partial charge in [-0.1, -0.05) is 60.2 Å². The predicted octanol–water partition coefficient (Wildman–Crippen LogP) is 3.55. The summed E-state index contributed by atoms with van der Waals surface area (Å²) in [6.07, 6.45) is 0. The normalized spacial score (nSPS) is 18.8. The summed E-state index contributed by atoms with van der Waals surface area (Å²) in [5.41, 5.74) is 1.16. The molecule has 2 N–H and O–H groups in total. The first kappa shape index (κ1) is 18.7. The largest absolute Gasteiger partial charge is 0.325 e. The van der Waals surface area contributed by atoms with E-state index in [1.165, 1.54) is 0 Å². The van der Waals surface area contributed by atoms with E-state index in [1.807, 2.05) is 61.5 Å². The average molecular weight is 387 g/mol. The summed E-state index contributed by atoms with van der Waals surface area (Å²) in [6.45, 7) is 3.28. The summed E-state index contributed by atoms with van der Waals surface area (Å²) in [5.74, 6) is -0.877. The lowest BCUT2D eigenvalue weighted by molar-refractivity contribution is -0.133. The second kappa shape index (κ2) is 7.05. The van der Waals surface area contributed by atoms with Crippen LogP contribution in [0.5, 0.6) is 0 Å². The van der Waals surface area contributed by atoms with Crippen molar-refractivity contribution in [2.75, 3.05) is 11.9 Å². The van der Waals surface area contributed by atoms with Crippen LogP contribution in [-0.2, 0) is 15.1 Å². The summed E-state index contributed by atoms with van der Waals surface area (Å²) in [5, 5.41) is 7.36. The number of imide groups is 1. The number of carbonyl (C=O) groups excluding carboxylic acids is 3. The Morgan fingerprint density at radius 3 is 2.45 bits per heavy atom. The molecule has 0 spiro atoms. The van der Waals surface area contributed by atoms with E-state index in [0.29, 0.717) is 11.3 Å². The Balaban J connectivity index is 1.58. The second-order valence-corrected chi connectivity index (χ2v) is 7.39. The van der Waals surface area contributed by atoms with Gasteiger partial charge in [0.2, 0.25) is 5.91 Å². The third-order valence-corrected chi connectivity index (χ3v) is 5.24. The van der Waals surface area contributed by atoms with Gasteiger partial charge in [0.1, 0.15) is 12.1 Å². The van der Waals surface area contributed by atoms with E-state index >= 15 is 0 Å². The van der Waals surface area contributed by atoms with E-state index in [1.54, 1.807) is 19.1 Å². The summed E-state index contributed by atoms with van der Waals surface area (Å²) in [6, 6.07) is 20.1. The molecule has 29 heavy (non-hydrogen) atoms. The molecule has 1 atom stereocenters. The maximum absolute atomic E-state index is 13.2. The first-order valence-electron chi connectivity index (χ1n) is 9.37.